The summed E-state index contributed by atoms with van der Waals surface area (Å²) in [6.07, 6.45) is 4.03. The van der Waals surface area contributed by atoms with Crippen LogP contribution in [0.15, 0.2) is 24.3 Å². The summed E-state index contributed by atoms with van der Waals surface area (Å²) in [6.45, 7) is 3.74. The molecule has 1 aliphatic heterocycles. The van der Waals surface area contributed by atoms with Crippen molar-refractivity contribution in [1.82, 2.24) is 10.2 Å². The number of rotatable bonds is 8. The molecule has 0 aliphatic carbocycles. The van der Waals surface area contributed by atoms with Gasteiger partial charge in [-0.2, -0.15) is 0 Å². The normalized spacial score (nSPS) is 16.4. The van der Waals surface area contributed by atoms with Gasteiger partial charge in [0.25, 0.3) is 0 Å². The molecule has 0 atom stereocenters. The highest BCUT2D eigenvalue weighted by Gasteiger charge is 2.20. The lowest BCUT2D eigenvalue weighted by molar-refractivity contribution is -0.122. The minimum atomic E-state index is -0.180. The Morgan fingerprint density at radius 1 is 1.30 bits per heavy atom. The fourth-order valence-electron chi connectivity index (χ4n) is 3.01. The van der Waals surface area contributed by atoms with E-state index in [-0.39, 0.29) is 11.7 Å². The van der Waals surface area contributed by atoms with Crippen molar-refractivity contribution >= 4 is 5.91 Å². The van der Waals surface area contributed by atoms with Crippen LogP contribution < -0.4 is 5.32 Å². The highest BCUT2D eigenvalue weighted by molar-refractivity contribution is 5.77. The summed E-state index contributed by atoms with van der Waals surface area (Å²) in [5.41, 5.74) is 1.20. The average molecular weight is 322 g/mol. The van der Waals surface area contributed by atoms with E-state index in [9.17, 15) is 9.18 Å². The standard InChI is InChI=1S/C18H27FN2O2/c1-23-12-2-9-20-18(22)14-21-10-7-16(8-11-21)13-15-3-5-17(19)6-4-15/h3-6,16H,2,7-14H2,1H3,(H,20,22). The van der Waals surface area contributed by atoms with Gasteiger partial charge in [-0.3, -0.25) is 9.69 Å². The first-order chi connectivity index (χ1) is 11.2. The number of ether oxygens (including phenoxy) is 1. The number of nitrogens with one attached hydrogen (secondary N) is 1. The molecule has 1 saturated heterocycles. The smallest absolute Gasteiger partial charge is 0.234 e. The lowest BCUT2D eigenvalue weighted by atomic mass is 9.90. The molecule has 0 aromatic heterocycles. The molecule has 0 bridgehead atoms. The topological polar surface area (TPSA) is 41.6 Å². The Hall–Kier alpha value is -1.46. The quantitative estimate of drug-likeness (QED) is 0.746. The third-order valence-electron chi connectivity index (χ3n) is 4.36. The maximum absolute atomic E-state index is 12.9. The third-order valence-corrected chi connectivity index (χ3v) is 4.36. The maximum Gasteiger partial charge on any atom is 0.234 e. The van der Waals surface area contributed by atoms with Crippen LogP contribution in [0.5, 0.6) is 0 Å². The van der Waals surface area contributed by atoms with Crippen LogP contribution in [-0.2, 0) is 16.0 Å². The van der Waals surface area contributed by atoms with Crippen molar-refractivity contribution in [3.05, 3.63) is 35.6 Å². The summed E-state index contributed by atoms with van der Waals surface area (Å²) in [5, 5.41) is 2.92. The van der Waals surface area contributed by atoms with Gasteiger partial charge in [0, 0.05) is 20.3 Å². The van der Waals surface area contributed by atoms with Crippen LogP contribution in [0.3, 0.4) is 0 Å². The Morgan fingerprint density at radius 3 is 2.65 bits per heavy atom. The van der Waals surface area contributed by atoms with Gasteiger partial charge in [0.1, 0.15) is 5.82 Å². The predicted molar refractivity (Wildman–Crippen MR) is 88.8 cm³/mol. The molecule has 1 N–H and O–H groups in total. The van der Waals surface area contributed by atoms with Gasteiger partial charge in [-0.1, -0.05) is 12.1 Å². The van der Waals surface area contributed by atoms with Crippen molar-refractivity contribution in [2.24, 2.45) is 5.92 Å². The first-order valence-corrected chi connectivity index (χ1v) is 8.40. The highest BCUT2D eigenvalue weighted by Crippen LogP contribution is 2.21. The molecular formula is C18H27FN2O2. The Labute approximate surface area is 138 Å². The predicted octanol–water partition coefficient (Wildman–Crippen LogP) is 2.23. The van der Waals surface area contributed by atoms with E-state index in [0.29, 0.717) is 25.6 Å². The maximum atomic E-state index is 12.9. The lowest BCUT2D eigenvalue weighted by Gasteiger charge is -2.31. The van der Waals surface area contributed by atoms with Gasteiger partial charge >= 0.3 is 0 Å². The molecule has 1 fully saturated rings. The summed E-state index contributed by atoms with van der Waals surface area (Å²) in [4.78, 5) is 14.1. The Balaban J connectivity index is 1.63. The molecule has 23 heavy (non-hydrogen) atoms. The second-order valence-electron chi connectivity index (χ2n) is 6.25. The molecule has 5 heteroatoms. The number of halogens is 1. The van der Waals surface area contributed by atoms with Crippen LogP contribution in [0, 0.1) is 11.7 Å². The fraction of sp³-hybridized carbons (Fsp3) is 0.611. The Morgan fingerprint density at radius 2 is 2.00 bits per heavy atom. The molecule has 0 spiro atoms. The first-order valence-electron chi connectivity index (χ1n) is 8.40. The summed E-state index contributed by atoms with van der Waals surface area (Å²) < 4.78 is 17.9. The van der Waals surface area contributed by atoms with Crippen molar-refractivity contribution in [3.63, 3.8) is 0 Å². The number of carbonyl (C=O) groups excluding carboxylic acids is 1. The number of amides is 1. The Bertz CT molecular complexity index is 470. The summed E-state index contributed by atoms with van der Waals surface area (Å²) in [7, 11) is 1.66. The van der Waals surface area contributed by atoms with E-state index in [0.717, 1.165) is 38.8 Å². The van der Waals surface area contributed by atoms with Crippen molar-refractivity contribution in [1.29, 1.82) is 0 Å². The molecule has 1 heterocycles. The number of hydrogen-bond donors (Lipinski definition) is 1. The zero-order chi connectivity index (χ0) is 16.5. The van der Waals surface area contributed by atoms with Gasteiger partial charge in [-0.15, -0.1) is 0 Å². The summed E-state index contributed by atoms with van der Waals surface area (Å²) >= 11 is 0. The third kappa shape index (κ3) is 6.67. The van der Waals surface area contributed by atoms with E-state index in [1.807, 2.05) is 12.1 Å². The molecule has 1 aromatic carbocycles. The van der Waals surface area contributed by atoms with E-state index in [1.165, 1.54) is 17.7 Å². The zero-order valence-electron chi connectivity index (χ0n) is 13.9. The number of benzene rings is 1. The molecule has 128 valence electrons. The van der Waals surface area contributed by atoms with Gasteiger partial charge in [0.2, 0.25) is 5.91 Å². The van der Waals surface area contributed by atoms with Gasteiger partial charge < -0.3 is 10.1 Å². The van der Waals surface area contributed by atoms with Crippen molar-refractivity contribution in [2.75, 3.05) is 39.9 Å². The van der Waals surface area contributed by atoms with Crippen LogP contribution in [-0.4, -0.2) is 50.7 Å². The second-order valence-corrected chi connectivity index (χ2v) is 6.25. The second kappa shape index (κ2) is 9.63. The SMILES string of the molecule is COCCCNC(=O)CN1CCC(Cc2ccc(F)cc2)CC1. The average Bonchev–Trinajstić information content (AvgIpc) is 2.56. The van der Waals surface area contributed by atoms with E-state index in [1.54, 1.807) is 7.11 Å². The number of methoxy groups -OCH3 is 1. The van der Waals surface area contributed by atoms with Gasteiger partial charge in [-0.25, -0.2) is 4.39 Å². The first kappa shape index (κ1) is 17.9. The van der Waals surface area contributed by atoms with Gasteiger partial charge in [-0.05, 0) is 62.4 Å². The van der Waals surface area contributed by atoms with E-state index < -0.39 is 0 Å². The number of hydrogen-bond acceptors (Lipinski definition) is 3. The van der Waals surface area contributed by atoms with Gasteiger partial charge in [0.05, 0.1) is 6.54 Å². The molecule has 1 aromatic rings. The van der Waals surface area contributed by atoms with Crippen molar-refractivity contribution in [2.45, 2.75) is 25.7 Å². The number of carbonyl (C=O) groups is 1. The number of piperidine rings is 1. The minimum absolute atomic E-state index is 0.0955. The summed E-state index contributed by atoms with van der Waals surface area (Å²) in [6, 6.07) is 6.79. The van der Waals surface area contributed by atoms with Crippen LogP contribution in [0.25, 0.3) is 0 Å². The van der Waals surface area contributed by atoms with Crippen LogP contribution in [0.1, 0.15) is 24.8 Å². The van der Waals surface area contributed by atoms with Crippen molar-refractivity contribution in [3.8, 4) is 0 Å². The molecule has 0 radical (unpaired) electrons. The fourth-order valence-corrected chi connectivity index (χ4v) is 3.01. The molecule has 0 unspecified atom stereocenters. The minimum Gasteiger partial charge on any atom is -0.385 e. The van der Waals surface area contributed by atoms with Crippen LogP contribution in [0.4, 0.5) is 4.39 Å². The number of likely N-dealkylation sites (tertiary alicyclic amines) is 1. The Kier molecular flexibility index (Phi) is 7.49. The van der Waals surface area contributed by atoms with Crippen molar-refractivity contribution < 1.29 is 13.9 Å². The number of nitrogens with zero attached hydrogens (tertiary/aromatic N) is 1. The van der Waals surface area contributed by atoms with Gasteiger partial charge in [0.15, 0.2) is 0 Å². The molecule has 0 saturated carbocycles. The molecular weight excluding hydrogens is 295 g/mol. The molecule has 1 amide bonds. The van der Waals surface area contributed by atoms with E-state index in [4.69, 9.17) is 4.74 Å². The highest BCUT2D eigenvalue weighted by atomic mass is 19.1. The summed E-state index contributed by atoms with van der Waals surface area (Å²) in [5.74, 6) is 0.541. The molecule has 2 rings (SSSR count). The lowest BCUT2D eigenvalue weighted by Crippen LogP contribution is -2.42. The zero-order valence-corrected chi connectivity index (χ0v) is 13.9. The molecule has 1 aliphatic rings. The van der Waals surface area contributed by atoms with Crippen LogP contribution in [0.2, 0.25) is 0 Å². The largest absolute Gasteiger partial charge is 0.385 e. The monoisotopic (exact) mass is 322 g/mol. The van der Waals surface area contributed by atoms with Crippen LogP contribution >= 0.6 is 0 Å². The molecule has 4 nitrogen and oxygen atoms in total. The van der Waals surface area contributed by atoms with E-state index >= 15 is 0 Å². The van der Waals surface area contributed by atoms with E-state index in [2.05, 4.69) is 10.2 Å².